The molecule has 0 aliphatic rings. The maximum atomic E-state index is 11.6. The molecule has 0 aliphatic heterocycles. The van der Waals surface area contributed by atoms with Gasteiger partial charge in [0.15, 0.2) is 0 Å². The number of carboxylic acids is 1. The summed E-state index contributed by atoms with van der Waals surface area (Å²) in [6.45, 7) is 0.547. The summed E-state index contributed by atoms with van der Waals surface area (Å²) in [6, 6.07) is 2.78. The van der Waals surface area contributed by atoms with Crippen LogP contribution < -0.4 is 10.9 Å². The number of hydrogen-bond donors (Lipinski definition) is 3. The van der Waals surface area contributed by atoms with Crippen LogP contribution in [0.25, 0.3) is 0 Å². The Labute approximate surface area is 110 Å². The quantitative estimate of drug-likeness (QED) is 0.614. The van der Waals surface area contributed by atoms with Gasteiger partial charge in [0.1, 0.15) is 0 Å². The molecule has 1 aromatic heterocycles. The molecule has 0 aromatic carbocycles. The van der Waals surface area contributed by atoms with Crippen molar-refractivity contribution in [3.05, 3.63) is 34.2 Å². The van der Waals surface area contributed by atoms with Crippen molar-refractivity contribution in [1.29, 1.82) is 0 Å². The van der Waals surface area contributed by atoms with Gasteiger partial charge >= 0.3 is 5.97 Å². The molecule has 1 aromatic rings. The number of carbonyl (C=O) groups is 2. The topological polar surface area (TPSA) is 99.3 Å². The number of unbranched alkanes of at least 4 members (excludes halogenated alkanes) is 3. The first-order chi connectivity index (χ1) is 9.09. The number of hydrogen-bond acceptors (Lipinski definition) is 3. The third-order valence-electron chi connectivity index (χ3n) is 2.65. The molecule has 6 heteroatoms. The molecule has 0 saturated carbocycles. The lowest BCUT2D eigenvalue weighted by Gasteiger charge is -2.04. The molecule has 0 unspecified atom stereocenters. The Morgan fingerprint density at radius 3 is 2.53 bits per heavy atom. The molecule has 0 bridgehead atoms. The number of rotatable bonds is 8. The number of aliphatic carboxylic acids is 1. The number of pyridine rings is 1. The van der Waals surface area contributed by atoms with Gasteiger partial charge in [0, 0.05) is 25.2 Å². The first kappa shape index (κ1) is 14.9. The van der Waals surface area contributed by atoms with Crippen LogP contribution in [0.1, 0.15) is 42.5 Å². The molecule has 6 nitrogen and oxygen atoms in total. The smallest absolute Gasteiger partial charge is 0.303 e. The third kappa shape index (κ3) is 6.40. The first-order valence-electron chi connectivity index (χ1n) is 6.28. The predicted octanol–water partition coefficient (Wildman–Crippen LogP) is 1.14. The van der Waals surface area contributed by atoms with E-state index in [1.165, 1.54) is 18.3 Å². The fourth-order valence-electron chi connectivity index (χ4n) is 1.61. The van der Waals surface area contributed by atoms with Crippen molar-refractivity contribution in [2.24, 2.45) is 0 Å². The number of carbonyl (C=O) groups excluding carboxylic acids is 1. The van der Waals surface area contributed by atoms with Crippen molar-refractivity contribution >= 4 is 11.9 Å². The zero-order valence-electron chi connectivity index (χ0n) is 10.6. The van der Waals surface area contributed by atoms with E-state index in [-0.39, 0.29) is 17.9 Å². The molecule has 1 rings (SSSR count). The molecule has 1 amide bonds. The van der Waals surface area contributed by atoms with Crippen LogP contribution in [0.15, 0.2) is 23.1 Å². The highest BCUT2D eigenvalue weighted by atomic mass is 16.4. The normalized spacial score (nSPS) is 10.1. The first-order valence-corrected chi connectivity index (χ1v) is 6.28. The Hall–Kier alpha value is -2.11. The molecule has 104 valence electrons. The van der Waals surface area contributed by atoms with Crippen molar-refractivity contribution in [3.8, 4) is 0 Å². The fraction of sp³-hybridized carbons (Fsp3) is 0.462. The van der Waals surface area contributed by atoms with Crippen LogP contribution >= 0.6 is 0 Å². The summed E-state index contributed by atoms with van der Waals surface area (Å²) in [6.07, 6.45) is 4.80. The second-order valence-corrected chi connectivity index (χ2v) is 4.26. The summed E-state index contributed by atoms with van der Waals surface area (Å²) >= 11 is 0. The minimum atomic E-state index is -0.772. The van der Waals surface area contributed by atoms with E-state index in [9.17, 15) is 14.4 Å². The average Bonchev–Trinajstić information content (AvgIpc) is 2.38. The maximum Gasteiger partial charge on any atom is 0.303 e. The van der Waals surface area contributed by atoms with Crippen LogP contribution in [0, 0.1) is 0 Å². The Bertz CT molecular complexity index is 461. The molecule has 0 fully saturated rings. The molecule has 0 spiro atoms. The summed E-state index contributed by atoms with van der Waals surface area (Å²) in [5.74, 6) is -0.992. The maximum absolute atomic E-state index is 11.6. The zero-order valence-corrected chi connectivity index (χ0v) is 10.6. The Balaban J connectivity index is 2.12. The minimum Gasteiger partial charge on any atom is -0.481 e. The summed E-state index contributed by atoms with van der Waals surface area (Å²) in [5.41, 5.74) is 0.181. The van der Waals surface area contributed by atoms with Crippen molar-refractivity contribution in [1.82, 2.24) is 10.3 Å². The highest BCUT2D eigenvalue weighted by Gasteiger charge is 2.04. The van der Waals surface area contributed by atoms with Crippen LogP contribution in [0.3, 0.4) is 0 Å². The van der Waals surface area contributed by atoms with Gasteiger partial charge in [-0.15, -0.1) is 0 Å². The zero-order chi connectivity index (χ0) is 14.1. The molecular weight excluding hydrogens is 248 g/mol. The molecule has 1 heterocycles. The van der Waals surface area contributed by atoms with Crippen LogP contribution in [0.5, 0.6) is 0 Å². The third-order valence-corrected chi connectivity index (χ3v) is 2.65. The molecule has 19 heavy (non-hydrogen) atoms. The van der Waals surface area contributed by atoms with Gasteiger partial charge in [0.2, 0.25) is 5.56 Å². The number of amides is 1. The average molecular weight is 266 g/mol. The van der Waals surface area contributed by atoms with Gasteiger partial charge in [0.25, 0.3) is 5.91 Å². The lowest BCUT2D eigenvalue weighted by Crippen LogP contribution is -2.25. The Morgan fingerprint density at radius 1 is 1.16 bits per heavy atom. The number of aromatic nitrogens is 1. The lowest BCUT2D eigenvalue weighted by atomic mass is 10.1. The van der Waals surface area contributed by atoms with Gasteiger partial charge in [-0.25, -0.2) is 0 Å². The summed E-state index contributed by atoms with van der Waals surface area (Å²) in [5, 5.41) is 11.2. The van der Waals surface area contributed by atoms with E-state index < -0.39 is 5.97 Å². The van der Waals surface area contributed by atoms with Crippen LogP contribution in [-0.2, 0) is 4.79 Å². The molecular formula is C13H18N2O4. The monoisotopic (exact) mass is 266 g/mol. The number of aromatic amines is 1. The predicted molar refractivity (Wildman–Crippen MR) is 70.1 cm³/mol. The van der Waals surface area contributed by atoms with Crippen LogP contribution in [-0.4, -0.2) is 28.5 Å². The van der Waals surface area contributed by atoms with E-state index in [2.05, 4.69) is 10.3 Å². The van der Waals surface area contributed by atoms with Gasteiger partial charge in [-0.2, -0.15) is 0 Å². The second-order valence-electron chi connectivity index (χ2n) is 4.26. The molecule has 0 aliphatic carbocycles. The fourth-order valence-corrected chi connectivity index (χ4v) is 1.61. The van der Waals surface area contributed by atoms with Crippen molar-refractivity contribution in [2.45, 2.75) is 32.1 Å². The largest absolute Gasteiger partial charge is 0.481 e. The molecule has 0 atom stereocenters. The highest BCUT2D eigenvalue weighted by molar-refractivity contribution is 5.93. The van der Waals surface area contributed by atoms with Crippen LogP contribution in [0.2, 0.25) is 0 Å². The van der Waals surface area contributed by atoms with E-state index in [0.29, 0.717) is 18.5 Å². The summed E-state index contributed by atoms with van der Waals surface area (Å²) in [4.78, 5) is 35.2. The molecule has 3 N–H and O–H groups in total. The van der Waals surface area contributed by atoms with Crippen molar-refractivity contribution < 1.29 is 14.7 Å². The van der Waals surface area contributed by atoms with E-state index >= 15 is 0 Å². The standard InChI is InChI=1S/C13H18N2O4/c16-11-7-6-10(9-15-11)13(19)14-8-4-2-1-3-5-12(17)18/h6-7,9H,1-5,8H2,(H,14,19)(H,15,16)(H,17,18). The number of carboxylic acid groups (broad SMARTS) is 1. The summed E-state index contributed by atoms with van der Waals surface area (Å²) < 4.78 is 0. The Kier molecular flexibility index (Phi) is 6.35. The SMILES string of the molecule is O=C(O)CCCCCCNC(=O)c1ccc(=O)[nH]c1. The van der Waals surface area contributed by atoms with E-state index in [0.717, 1.165) is 19.3 Å². The van der Waals surface area contributed by atoms with Gasteiger partial charge in [-0.3, -0.25) is 14.4 Å². The van der Waals surface area contributed by atoms with Crippen LogP contribution in [0.4, 0.5) is 0 Å². The molecule has 0 saturated heterocycles. The van der Waals surface area contributed by atoms with Crippen molar-refractivity contribution in [3.63, 3.8) is 0 Å². The highest BCUT2D eigenvalue weighted by Crippen LogP contribution is 2.02. The van der Waals surface area contributed by atoms with Gasteiger partial charge < -0.3 is 15.4 Å². The number of nitrogens with one attached hydrogen (secondary N) is 2. The molecule has 0 radical (unpaired) electrons. The summed E-state index contributed by atoms with van der Waals surface area (Å²) in [7, 11) is 0. The van der Waals surface area contributed by atoms with Gasteiger partial charge in [-0.05, 0) is 18.9 Å². The van der Waals surface area contributed by atoms with E-state index in [1.54, 1.807) is 0 Å². The van der Waals surface area contributed by atoms with E-state index in [1.807, 2.05) is 0 Å². The van der Waals surface area contributed by atoms with Gasteiger partial charge in [-0.1, -0.05) is 12.8 Å². The second kappa shape index (κ2) is 8.07. The Morgan fingerprint density at radius 2 is 1.89 bits per heavy atom. The van der Waals surface area contributed by atoms with Gasteiger partial charge in [0.05, 0.1) is 5.56 Å². The van der Waals surface area contributed by atoms with Crippen molar-refractivity contribution in [2.75, 3.05) is 6.54 Å². The number of H-pyrrole nitrogens is 1. The lowest BCUT2D eigenvalue weighted by molar-refractivity contribution is -0.137. The minimum absolute atomic E-state index is 0.198. The van der Waals surface area contributed by atoms with E-state index in [4.69, 9.17) is 5.11 Å².